The summed E-state index contributed by atoms with van der Waals surface area (Å²) < 4.78 is 39.2. The van der Waals surface area contributed by atoms with Crippen LogP contribution >= 0.6 is 11.6 Å². The van der Waals surface area contributed by atoms with Gasteiger partial charge in [-0.25, -0.2) is 8.42 Å². The minimum absolute atomic E-state index is 0.0758. The second-order valence-electron chi connectivity index (χ2n) is 8.37. The molecule has 1 heterocycles. The Morgan fingerprint density at radius 3 is 2.33 bits per heavy atom. The molecule has 0 radical (unpaired) electrons. The first kappa shape index (κ1) is 27.7. The number of hydrogen-bond donors (Lipinski definition) is 1. The van der Waals surface area contributed by atoms with Crippen molar-refractivity contribution in [3.05, 3.63) is 119 Å². The van der Waals surface area contributed by atoms with Crippen LogP contribution in [0.4, 0.5) is 5.69 Å². The van der Waals surface area contributed by atoms with Crippen LogP contribution in [-0.4, -0.2) is 25.7 Å². The second kappa shape index (κ2) is 12.5. The summed E-state index contributed by atoms with van der Waals surface area (Å²) in [6.45, 7) is 0.00159. The fourth-order valence-electron chi connectivity index (χ4n) is 3.66. The Hall–Kier alpha value is -4.36. The number of nitrogens with zero attached hydrogens (tertiary/aromatic N) is 2. The van der Waals surface area contributed by atoms with Crippen molar-refractivity contribution < 1.29 is 22.4 Å². The number of sulfonamides is 1. The lowest BCUT2D eigenvalue weighted by Gasteiger charge is -2.21. The zero-order chi connectivity index (χ0) is 27.8. The number of amides is 1. The molecule has 1 amide bonds. The fourth-order valence-corrected chi connectivity index (χ4v) is 5.20. The highest BCUT2D eigenvalue weighted by molar-refractivity contribution is 7.89. The van der Waals surface area contributed by atoms with Crippen LogP contribution < -0.4 is 10.1 Å². The SMILES string of the molecule is COc1ccc(NC(=O)/C(C#N)=C\c2ccc(CN(Cc3ccc(Cl)cc3)S(=O)(=O)c3ccccc3)o2)cc1. The third-order valence-corrected chi connectivity index (χ3v) is 7.73. The van der Waals surface area contributed by atoms with Gasteiger partial charge in [0.05, 0.1) is 18.6 Å². The van der Waals surface area contributed by atoms with E-state index in [1.54, 1.807) is 78.9 Å². The maximum absolute atomic E-state index is 13.5. The molecule has 0 aliphatic carbocycles. The predicted molar refractivity (Wildman–Crippen MR) is 148 cm³/mol. The maximum Gasteiger partial charge on any atom is 0.266 e. The van der Waals surface area contributed by atoms with E-state index in [4.69, 9.17) is 20.8 Å². The van der Waals surface area contributed by atoms with Gasteiger partial charge in [0.25, 0.3) is 5.91 Å². The van der Waals surface area contributed by atoms with E-state index in [0.29, 0.717) is 22.2 Å². The summed E-state index contributed by atoms with van der Waals surface area (Å²) in [5.41, 5.74) is 1.06. The van der Waals surface area contributed by atoms with Gasteiger partial charge in [-0.15, -0.1) is 0 Å². The van der Waals surface area contributed by atoms with Crippen molar-refractivity contribution in [2.75, 3.05) is 12.4 Å². The number of methoxy groups -OCH3 is 1. The lowest BCUT2D eigenvalue weighted by atomic mass is 10.2. The summed E-state index contributed by atoms with van der Waals surface area (Å²) >= 11 is 5.99. The molecule has 0 spiro atoms. The molecule has 8 nitrogen and oxygen atoms in total. The quantitative estimate of drug-likeness (QED) is 0.191. The highest BCUT2D eigenvalue weighted by Gasteiger charge is 2.26. The van der Waals surface area contributed by atoms with Gasteiger partial charge in [0, 0.05) is 23.3 Å². The molecule has 1 N–H and O–H groups in total. The smallest absolute Gasteiger partial charge is 0.266 e. The average Bonchev–Trinajstić information content (AvgIpc) is 3.40. The first-order valence-electron chi connectivity index (χ1n) is 11.7. The van der Waals surface area contributed by atoms with E-state index >= 15 is 0 Å². The molecule has 0 saturated heterocycles. The lowest BCUT2D eigenvalue weighted by molar-refractivity contribution is -0.112. The van der Waals surface area contributed by atoms with Gasteiger partial charge in [0.2, 0.25) is 10.0 Å². The van der Waals surface area contributed by atoms with Gasteiger partial charge in [-0.3, -0.25) is 4.79 Å². The molecule has 0 bridgehead atoms. The number of halogens is 1. The van der Waals surface area contributed by atoms with Crippen molar-refractivity contribution in [3.63, 3.8) is 0 Å². The zero-order valence-corrected chi connectivity index (χ0v) is 22.4. The largest absolute Gasteiger partial charge is 0.497 e. The van der Waals surface area contributed by atoms with Crippen LogP contribution in [0.2, 0.25) is 5.02 Å². The molecule has 3 aromatic carbocycles. The van der Waals surface area contributed by atoms with Crippen LogP contribution in [0.5, 0.6) is 5.75 Å². The summed E-state index contributed by atoms with van der Waals surface area (Å²) in [4.78, 5) is 12.8. The standard InChI is InChI=1S/C29H24ClN3O5S/c1-37-25-13-11-24(12-14-25)32-29(34)22(18-31)17-26-15-16-27(38-26)20-33(19-21-7-9-23(30)10-8-21)39(35,36)28-5-3-2-4-6-28/h2-17H,19-20H2,1H3,(H,32,34)/b22-17-. The molecule has 198 valence electrons. The summed E-state index contributed by atoms with van der Waals surface area (Å²) in [6, 6.07) is 26.7. The van der Waals surface area contributed by atoms with Crippen LogP contribution in [0, 0.1) is 11.3 Å². The van der Waals surface area contributed by atoms with Gasteiger partial charge in [-0.2, -0.15) is 9.57 Å². The van der Waals surface area contributed by atoms with Crippen molar-refractivity contribution in [1.29, 1.82) is 5.26 Å². The summed E-state index contributed by atoms with van der Waals surface area (Å²) in [6.07, 6.45) is 1.30. The molecule has 4 aromatic rings. The predicted octanol–water partition coefficient (Wildman–Crippen LogP) is 5.88. The van der Waals surface area contributed by atoms with Crippen molar-refractivity contribution >= 4 is 39.3 Å². The molecule has 0 aliphatic heterocycles. The highest BCUT2D eigenvalue weighted by atomic mass is 35.5. The maximum atomic E-state index is 13.5. The Balaban J connectivity index is 1.55. The molecular weight excluding hydrogens is 538 g/mol. The van der Waals surface area contributed by atoms with Crippen LogP contribution in [0.1, 0.15) is 17.1 Å². The minimum atomic E-state index is -3.88. The number of carbonyl (C=O) groups excluding carboxylic acids is 1. The molecule has 0 aliphatic rings. The highest BCUT2D eigenvalue weighted by Crippen LogP contribution is 2.24. The number of ether oxygens (including phenoxy) is 1. The van der Waals surface area contributed by atoms with E-state index < -0.39 is 15.9 Å². The van der Waals surface area contributed by atoms with Crippen LogP contribution in [-0.2, 0) is 27.9 Å². The first-order chi connectivity index (χ1) is 18.8. The third-order valence-electron chi connectivity index (χ3n) is 5.67. The van der Waals surface area contributed by atoms with Gasteiger partial charge in [0.1, 0.15) is 28.9 Å². The molecule has 39 heavy (non-hydrogen) atoms. The molecule has 1 aromatic heterocycles. The van der Waals surface area contributed by atoms with Crippen molar-refractivity contribution in [3.8, 4) is 11.8 Å². The van der Waals surface area contributed by atoms with Gasteiger partial charge in [-0.1, -0.05) is 41.9 Å². The number of nitriles is 1. The zero-order valence-electron chi connectivity index (χ0n) is 20.9. The van der Waals surface area contributed by atoms with E-state index in [1.807, 2.05) is 6.07 Å². The number of hydrogen-bond acceptors (Lipinski definition) is 6. The third kappa shape index (κ3) is 7.15. The van der Waals surface area contributed by atoms with Crippen LogP contribution in [0.3, 0.4) is 0 Å². The van der Waals surface area contributed by atoms with Gasteiger partial charge < -0.3 is 14.5 Å². The number of rotatable bonds is 10. The Morgan fingerprint density at radius 2 is 1.69 bits per heavy atom. The van der Waals surface area contributed by atoms with Crippen LogP contribution in [0.15, 0.2) is 106 Å². The number of carbonyl (C=O) groups is 1. The Labute approximate surface area is 231 Å². The number of anilines is 1. The fraction of sp³-hybridized carbons (Fsp3) is 0.103. The number of furan rings is 1. The van der Waals surface area contributed by atoms with E-state index in [9.17, 15) is 18.5 Å². The van der Waals surface area contributed by atoms with E-state index in [0.717, 1.165) is 5.56 Å². The van der Waals surface area contributed by atoms with Gasteiger partial charge >= 0.3 is 0 Å². The first-order valence-corrected chi connectivity index (χ1v) is 13.6. The van der Waals surface area contributed by atoms with Gasteiger partial charge in [0.15, 0.2) is 0 Å². The molecular formula is C29H24ClN3O5S. The second-order valence-corrected chi connectivity index (χ2v) is 10.7. The molecule has 0 atom stereocenters. The Bertz CT molecular complexity index is 1610. The summed E-state index contributed by atoms with van der Waals surface area (Å²) in [5.74, 6) is 0.584. The molecule has 0 saturated carbocycles. The van der Waals surface area contributed by atoms with Crippen molar-refractivity contribution in [2.24, 2.45) is 0 Å². The summed E-state index contributed by atoms with van der Waals surface area (Å²) in [5, 5.41) is 12.7. The Kier molecular flexibility index (Phi) is 8.84. The molecule has 0 unspecified atom stereocenters. The van der Waals surface area contributed by atoms with Gasteiger partial charge in [-0.05, 0) is 66.2 Å². The minimum Gasteiger partial charge on any atom is -0.497 e. The molecule has 10 heteroatoms. The monoisotopic (exact) mass is 561 g/mol. The summed E-state index contributed by atoms with van der Waals surface area (Å²) in [7, 11) is -2.34. The van der Waals surface area contributed by atoms with E-state index in [1.165, 1.54) is 29.6 Å². The normalized spacial score (nSPS) is 11.7. The molecule has 4 rings (SSSR count). The van der Waals surface area contributed by atoms with E-state index in [2.05, 4.69) is 5.32 Å². The Morgan fingerprint density at radius 1 is 1.00 bits per heavy atom. The average molecular weight is 562 g/mol. The number of nitrogens with one attached hydrogen (secondary N) is 1. The number of benzene rings is 3. The lowest BCUT2D eigenvalue weighted by Crippen LogP contribution is -2.30. The topological polar surface area (TPSA) is 113 Å². The molecule has 0 fully saturated rings. The van der Waals surface area contributed by atoms with E-state index in [-0.39, 0.29) is 29.3 Å². The van der Waals surface area contributed by atoms with Crippen molar-refractivity contribution in [2.45, 2.75) is 18.0 Å². The van der Waals surface area contributed by atoms with Crippen LogP contribution in [0.25, 0.3) is 6.08 Å². The van der Waals surface area contributed by atoms with Crippen molar-refractivity contribution in [1.82, 2.24) is 4.31 Å².